The first-order valence-electron chi connectivity index (χ1n) is 4.98. The minimum atomic E-state index is -4.21. The quantitative estimate of drug-likeness (QED) is 0.777. The van der Waals surface area contributed by atoms with E-state index in [1.54, 1.807) is 0 Å². The normalized spacial score (nSPS) is 11.2. The highest BCUT2D eigenvalue weighted by Crippen LogP contribution is 2.29. The molecule has 0 aliphatic heterocycles. The summed E-state index contributed by atoms with van der Waals surface area (Å²) in [6.07, 6.45) is 0. The molecule has 0 fully saturated rings. The number of carbonyl (C=O) groups excluding carboxylic acids is 1. The lowest BCUT2D eigenvalue weighted by atomic mass is 10.2. The largest absolute Gasteiger partial charge is 0.478 e. The molecule has 110 valence electrons. The number of carboxylic acid groups (broad SMARTS) is 1. The zero-order valence-corrected chi connectivity index (χ0v) is 12.3. The van der Waals surface area contributed by atoms with E-state index in [1.165, 1.54) is 0 Å². The fourth-order valence-corrected chi connectivity index (χ4v) is 3.09. The number of nitrogens with one attached hydrogen (secondary N) is 1. The van der Waals surface area contributed by atoms with Crippen LogP contribution in [0.1, 0.15) is 10.4 Å². The summed E-state index contributed by atoms with van der Waals surface area (Å²) >= 11 is 11.4. The summed E-state index contributed by atoms with van der Waals surface area (Å²) in [4.78, 5) is 21.3. The van der Waals surface area contributed by atoms with Crippen molar-refractivity contribution in [2.75, 3.05) is 13.7 Å². The summed E-state index contributed by atoms with van der Waals surface area (Å²) in [5, 5.41) is 8.28. The maximum atomic E-state index is 11.9. The predicted octanol–water partition coefficient (Wildman–Crippen LogP) is 1.14. The molecule has 0 aliphatic rings. The van der Waals surface area contributed by atoms with Crippen LogP contribution in [0.5, 0.6) is 0 Å². The third-order valence-corrected chi connectivity index (χ3v) is 4.32. The van der Waals surface area contributed by atoms with Gasteiger partial charge in [-0.05, 0) is 12.1 Å². The number of methoxy groups -OCH3 is 1. The molecule has 7 nitrogen and oxygen atoms in total. The number of esters is 1. The van der Waals surface area contributed by atoms with Crippen LogP contribution < -0.4 is 4.72 Å². The van der Waals surface area contributed by atoms with Gasteiger partial charge >= 0.3 is 11.9 Å². The van der Waals surface area contributed by atoms with Crippen molar-refractivity contribution in [1.82, 2.24) is 4.72 Å². The molecule has 1 rings (SSSR count). The molecule has 0 radical (unpaired) electrons. The van der Waals surface area contributed by atoms with Gasteiger partial charge in [0.05, 0.1) is 17.7 Å². The van der Waals surface area contributed by atoms with Crippen LogP contribution in [-0.4, -0.2) is 39.1 Å². The van der Waals surface area contributed by atoms with E-state index in [0.717, 1.165) is 19.2 Å². The fourth-order valence-electron chi connectivity index (χ4n) is 1.22. The number of ether oxygens (including phenoxy) is 1. The lowest BCUT2D eigenvalue weighted by molar-refractivity contribution is -0.139. The second kappa shape index (κ2) is 6.40. The third-order valence-electron chi connectivity index (χ3n) is 2.16. The van der Waals surface area contributed by atoms with E-state index in [-0.39, 0.29) is 5.02 Å². The number of rotatable bonds is 5. The second-order valence-corrected chi connectivity index (χ2v) is 6.02. The zero-order chi connectivity index (χ0) is 15.5. The molecular formula is C10H9Cl2NO6S. The number of aromatic carboxylic acids is 1. The van der Waals surface area contributed by atoms with Crippen LogP contribution in [0.3, 0.4) is 0 Å². The van der Waals surface area contributed by atoms with Gasteiger partial charge in [-0.15, -0.1) is 0 Å². The van der Waals surface area contributed by atoms with Crippen LogP contribution in [-0.2, 0) is 19.6 Å². The molecule has 0 saturated heterocycles. The van der Waals surface area contributed by atoms with Crippen LogP contribution in [0.4, 0.5) is 0 Å². The van der Waals surface area contributed by atoms with Gasteiger partial charge in [0.25, 0.3) is 0 Å². The lowest BCUT2D eigenvalue weighted by Crippen LogP contribution is -2.30. The number of benzene rings is 1. The smallest absolute Gasteiger partial charge is 0.337 e. The third kappa shape index (κ3) is 3.83. The van der Waals surface area contributed by atoms with Crippen molar-refractivity contribution in [2.45, 2.75) is 4.90 Å². The van der Waals surface area contributed by atoms with E-state index in [2.05, 4.69) is 4.74 Å². The number of hydrogen-bond donors (Lipinski definition) is 2. The topological polar surface area (TPSA) is 110 Å². The Labute approximate surface area is 124 Å². The molecule has 0 heterocycles. The van der Waals surface area contributed by atoms with Crippen LogP contribution in [0.15, 0.2) is 17.0 Å². The second-order valence-electron chi connectivity index (χ2n) is 3.47. The van der Waals surface area contributed by atoms with Gasteiger partial charge in [0, 0.05) is 5.02 Å². The van der Waals surface area contributed by atoms with Crippen molar-refractivity contribution < 1.29 is 27.9 Å². The SMILES string of the molecule is COC(=O)CNS(=O)(=O)c1cc(Cl)cc(C(=O)O)c1Cl. The monoisotopic (exact) mass is 341 g/mol. The van der Waals surface area contributed by atoms with Crippen molar-refractivity contribution in [2.24, 2.45) is 0 Å². The van der Waals surface area contributed by atoms with Gasteiger partial charge in [0.15, 0.2) is 0 Å². The van der Waals surface area contributed by atoms with Crippen LogP contribution in [0, 0.1) is 0 Å². The van der Waals surface area contributed by atoms with E-state index in [0.29, 0.717) is 0 Å². The minimum absolute atomic E-state index is 0.120. The Hall–Kier alpha value is -1.35. The molecule has 0 aromatic heterocycles. The van der Waals surface area contributed by atoms with Gasteiger partial charge in [-0.3, -0.25) is 4.79 Å². The average Bonchev–Trinajstić information content (AvgIpc) is 2.37. The highest BCUT2D eigenvalue weighted by atomic mass is 35.5. The van der Waals surface area contributed by atoms with Gasteiger partial charge in [-0.2, -0.15) is 4.72 Å². The first-order valence-corrected chi connectivity index (χ1v) is 7.21. The van der Waals surface area contributed by atoms with Gasteiger partial charge in [0.2, 0.25) is 10.0 Å². The first-order chi connectivity index (χ1) is 9.19. The number of hydrogen-bond acceptors (Lipinski definition) is 5. The van der Waals surface area contributed by atoms with E-state index >= 15 is 0 Å². The van der Waals surface area contributed by atoms with Crippen LogP contribution >= 0.6 is 23.2 Å². The van der Waals surface area contributed by atoms with E-state index in [4.69, 9.17) is 28.3 Å². The summed E-state index contributed by atoms with van der Waals surface area (Å²) in [6, 6.07) is 2.00. The molecule has 0 bridgehead atoms. The fraction of sp³-hybridized carbons (Fsp3) is 0.200. The summed E-state index contributed by atoms with van der Waals surface area (Å²) in [7, 11) is -3.12. The van der Waals surface area contributed by atoms with E-state index in [9.17, 15) is 18.0 Å². The molecule has 1 aromatic carbocycles. The Balaban J connectivity index is 3.25. The molecule has 2 N–H and O–H groups in total. The Kier molecular flexibility index (Phi) is 5.35. The number of halogens is 2. The van der Waals surface area contributed by atoms with Crippen molar-refractivity contribution >= 4 is 45.2 Å². The summed E-state index contributed by atoms with van der Waals surface area (Å²) in [6.45, 7) is -0.621. The van der Waals surface area contributed by atoms with Crippen LogP contribution in [0.25, 0.3) is 0 Å². The van der Waals surface area contributed by atoms with Gasteiger partial charge in [-0.1, -0.05) is 23.2 Å². The van der Waals surface area contributed by atoms with Gasteiger partial charge in [0.1, 0.15) is 11.4 Å². The van der Waals surface area contributed by atoms with Crippen molar-refractivity contribution in [1.29, 1.82) is 0 Å². The minimum Gasteiger partial charge on any atom is -0.478 e. The molecule has 0 amide bonds. The molecule has 0 unspecified atom stereocenters. The Morgan fingerprint density at radius 1 is 1.35 bits per heavy atom. The first kappa shape index (κ1) is 16.7. The van der Waals surface area contributed by atoms with Crippen LogP contribution in [0.2, 0.25) is 10.0 Å². The number of carboxylic acids is 1. The van der Waals surface area contributed by atoms with Gasteiger partial charge in [-0.25, -0.2) is 13.2 Å². The molecule has 0 atom stereocenters. The molecule has 0 saturated carbocycles. The standard InChI is InChI=1S/C10H9Cl2NO6S/c1-19-8(14)4-13-20(17,18)7-3-5(11)2-6(9(7)12)10(15)16/h2-3,13H,4H2,1H3,(H,15,16). The molecular weight excluding hydrogens is 333 g/mol. The Morgan fingerprint density at radius 2 is 1.95 bits per heavy atom. The van der Waals surface area contributed by atoms with Crippen molar-refractivity contribution in [3.05, 3.63) is 27.7 Å². The van der Waals surface area contributed by atoms with E-state index < -0.39 is 44.0 Å². The maximum absolute atomic E-state index is 11.9. The van der Waals surface area contributed by atoms with Crippen molar-refractivity contribution in [3.8, 4) is 0 Å². The highest BCUT2D eigenvalue weighted by Gasteiger charge is 2.24. The summed E-state index contributed by atoms with van der Waals surface area (Å²) < 4.78 is 30.1. The number of sulfonamides is 1. The van der Waals surface area contributed by atoms with Crippen molar-refractivity contribution in [3.63, 3.8) is 0 Å². The molecule has 0 aliphatic carbocycles. The highest BCUT2D eigenvalue weighted by molar-refractivity contribution is 7.89. The predicted molar refractivity (Wildman–Crippen MR) is 70.6 cm³/mol. The summed E-state index contributed by atoms with van der Waals surface area (Å²) in [5.41, 5.74) is -0.461. The molecule has 1 aromatic rings. The maximum Gasteiger partial charge on any atom is 0.337 e. The molecule has 0 spiro atoms. The molecule has 10 heteroatoms. The Morgan fingerprint density at radius 3 is 2.45 bits per heavy atom. The zero-order valence-electron chi connectivity index (χ0n) is 10.0. The summed E-state index contributed by atoms with van der Waals surface area (Å²) in [5.74, 6) is -2.24. The van der Waals surface area contributed by atoms with Gasteiger partial charge < -0.3 is 9.84 Å². The Bertz CT molecular complexity index is 658. The van der Waals surface area contributed by atoms with E-state index in [1.807, 2.05) is 4.72 Å². The number of carbonyl (C=O) groups is 2. The average molecular weight is 342 g/mol. The lowest BCUT2D eigenvalue weighted by Gasteiger charge is -2.10. The molecule has 20 heavy (non-hydrogen) atoms.